The zero-order valence-electron chi connectivity index (χ0n) is 9.67. The summed E-state index contributed by atoms with van der Waals surface area (Å²) in [5, 5.41) is 10.3. The van der Waals surface area contributed by atoms with Crippen molar-refractivity contribution >= 4 is 28.5 Å². The summed E-state index contributed by atoms with van der Waals surface area (Å²) in [6.07, 6.45) is 0. The Labute approximate surface area is 114 Å². The molecule has 0 saturated heterocycles. The molecule has 2 aromatic rings. The number of rotatable bonds is 3. The predicted octanol–water partition coefficient (Wildman–Crippen LogP) is 2.40. The van der Waals surface area contributed by atoms with Crippen LogP contribution in [-0.2, 0) is 5.75 Å². The van der Waals surface area contributed by atoms with Crippen molar-refractivity contribution in [2.24, 2.45) is 4.99 Å². The number of thioether (sulfide) groups is 1. The van der Waals surface area contributed by atoms with E-state index in [-0.39, 0.29) is 0 Å². The minimum atomic E-state index is 0.901. The Morgan fingerprint density at radius 2 is 2.17 bits per heavy atom. The highest BCUT2D eigenvalue weighted by Gasteiger charge is 2.06. The average Bonchev–Trinajstić information content (AvgIpc) is 3.10. The predicted molar refractivity (Wildman–Crippen MR) is 76.9 cm³/mol. The molecular weight excluding hydrogens is 264 g/mol. The van der Waals surface area contributed by atoms with Gasteiger partial charge >= 0.3 is 0 Å². The van der Waals surface area contributed by atoms with E-state index in [4.69, 9.17) is 0 Å². The quantitative estimate of drug-likeness (QED) is 0.935. The van der Waals surface area contributed by atoms with Crippen LogP contribution in [0.2, 0.25) is 0 Å². The Bertz CT molecular complexity index is 534. The van der Waals surface area contributed by atoms with Gasteiger partial charge in [-0.2, -0.15) is 0 Å². The number of hydrogen-bond acceptors (Lipinski definition) is 6. The van der Waals surface area contributed by atoms with Crippen molar-refractivity contribution in [1.82, 2.24) is 14.9 Å². The molecule has 1 aliphatic heterocycles. The fourth-order valence-corrected chi connectivity index (χ4v) is 3.03. The van der Waals surface area contributed by atoms with Crippen molar-refractivity contribution < 1.29 is 0 Å². The van der Waals surface area contributed by atoms with Crippen LogP contribution in [0.4, 0.5) is 0 Å². The second-order valence-electron chi connectivity index (χ2n) is 3.89. The summed E-state index contributed by atoms with van der Waals surface area (Å²) in [7, 11) is 0. The fourth-order valence-electron chi connectivity index (χ4n) is 1.69. The lowest BCUT2D eigenvalue weighted by molar-refractivity contribution is 0.963. The fraction of sp³-hybridized carbons (Fsp3) is 0.250. The van der Waals surface area contributed by atoms with Gasteiger partial charge in [-0.1, -0.05) is 40.5 Å². The number of aromatic nitrogens is 2. The first-order valence-electron chi connectivity index (χ1n) is 5.69. The molecule has 92 valence electrons. The van der Waals surface area contributed by atoms with Crippen molar-refractivity contribution in [3.8, 4) is 11.3 Å². The first-order valence-corrected chi connectivity index (χ1v) is 7.51. The van der Waals surface area contributed by atoms with E-state index in [2.05, 4.69) is 44.2 Å². The largest absolute Gasteiger partial charge is 0.363 e. The zero-order chi connectivity index (χ0) is 12.2. The van der Waals surface area contributed by atoms with Crippen molar-refractivity contribution in [2.45, 2.75) is 5.75 Å². The highest BCUT2D eigenvalue weighted by Crippen LogP contribution is 2.20. The molecule has 1 N–H and O–H groups in total. The Morgan fingerprint density at radius 3 is 2.83 bits per heavy atom. The van der Waals surface area contributed by atoms with Crippen molar-refractivity contribution in [2.75, 3.05) is 13.1 Å². The molecule has 2 heterocycles. The van der Waals surface area contributed by atoms with Crippen LogP contribution in [0.3, 0.4) is 0 Å². The van der Waals surface area contributed by atoms with Gasteiger partial charge in [0, 0.05) is 23.2 Å². The van der Waals surface area contributed by atoms with Gasteiger partial charge in [-0.05, 0) is 17.1 Å². The maximum absolute atomic E-state index is 4.36. The van der Waals surface area contributed by atoms with Crippen molar-refractivity contribution in [3.63, 3.8) is 0 Å². The van der Waals surface area contributed by atoms with E-state index in [9.17, 15) is 0 Å². The van der Waals surface area contributed by atoms with Gasteiger partial charge in [0.15, 0.2) is 5.17 Å². The van der Waals surface area contributed by atoms with Gasteiger partial charge in [-0.15, -0.1) is 5.10 Å². The van der Waals surface area contributed by atoms with Gasteiger partial charge in [0.05, 0.1) is 6.54 Å². The maximum atomic E-state index is 4.36. The Kier molecular flexibility index (Phi) is 3.56. The summed E-state index contributed by atoms with van der Waals surface area (Å²) in [4.78, 5) is 4.36. The standard InChI is InChI=1S/C12H12N4S2/c1-3-10(11-8-18-16-15-11)4-2-9(1)7-17-12-13-5-6-14-12/h1-4,8H,5-7H2,(H,13,14). The molecule has 3 rings (SSSR count). The molecule has 0 atom stereocenters. The minimum absolute atomic E-state index is 0.901. The second kappa shape index (κ2) is 5.49. The monoisotopic (exact) mass is 276 g/mol. The highest BCUT2D eigenvalue weighted by molar-refractivity contribution is 8.13. The second-order valence-corrected chi connectivity index (χ2v) is 5.46. The summed E-state index contributed by atoms with van der Waals surface area (Å²) in [5.41, 5.74) is 3.36. The lowest BCUT2D eigenvalue weighted by Crippen LogP contribution is -2.14. The van der Waals surface area contributed by atoms with Crippen LogP contribution in [0.25, 0.3) is 11.3 Å². The third kappa shape index (κ3) is 2.70. The zero-order valence-corrected chi connectivity index (χ0v) is 11.3. The molecule has 0 aliphatic carbocycles. The summed E-state index contributed by atoms with van der Waals surface area (Å²) in [6.45, 7) is 1.87. The van der Waals surface area contributed by atoms with E-state index in [0.717, 1.165) is 35.3 Å². The van der Waals surface area contributed by atoms with Crippen molar-refractivity contribution in [1.29, 1.82) is 0 Å². The molecular formula is C12H12N4S2. The molecule has 6 heteroatoms. The van der Waals surface area contributed by atoms with Gasteiger partial charge in [-0.25, -0.2) is 0 Å². The van der Waals surface area contributed by atoms with Crippen LogP contribution in [0.5, 0.6) is 0 Å². The molecule has 0 fully saturated rings. The third-order valence-corrected chi connectivity index (χ3v) is 4.16. The van der Waals surface area contributed by atoms with Gasteiger partial charge in [0.2, 0.25) is 0 Å². The minimum Gasteiger partial charge on any atom is -0.363 e. The molecule has 0 saturated carbocycles. The van der Waals surface area contributed by atoms with E-state index < -0.39 is 0 Å². The number of nitrogens with one attached hydrogen (secondary N) is 1. The first-order chi connectivity index (χ1) is 8.92. The normalized spacial score (nSPS) is 14.3. The Morgan fingerprint density at radius 1 is 1.28 bits per heavy atom. The van der Waals surface area contributed by atoms with E-state index in [1.807, 2.05) is 5.38 Å². The van der Waals surface area contributed by atoms with Crippen LogP contribution < -0.4 is 5.32 Å². The van der Waals surface area contributed by atoms with E-state index in [0.29, 0.717) is 0 Å². The molecule has 1 aromatic carbocycles. The van der Waals surface area contributed by atoms with Gasteiger partial charge in [0.25, 0.3) is 0 Å². The van der Waals surface area contributed by atoms with E-state index >= 15 is 0 Å². The topological polar surface area (TPSA) is 50.2 Å². The maximum Gasteiger partial charge on any atom is 0.157 e. The summed E-state index contributed by atoms with van der Waals surface area (Å²) in [6, 6.07) is 8.46. The molecule has 0 amide bonds. The van der Waals surface area contributed by atoms with Crippen molar-refractivity contribution in [3.05, 3.63) is 35.2 Å². The van der Waals surface area contributed by atoms with Gasteiger partial charge in [0.1, 0.15) is 5.69 Å². The first kappa shape index (κ1) is 11.7. The lowest BCUT2D eigenvalue weighted by atomic mass is 10.1. The Balaban J connectivity index is 1.64. The molecule has 0 radical (unpaired) electrons. The van der Waals surface area contributed by atoms with Crippen LogP contribution in [0.15, 0.2) is 34.6 Å². The molecule has 4 nitrogen and oxygen atoms in total. The van der Waals surface area contributed by atoms with Gasteiger partial charge in [-0.3, -0.25) is 4.99 Å². The van der Waals surface area contributed by atoms with Crippen LogP contribution in [-0.4, -0.2) is 27.8 Å². The van der Waals surface area contributed by atoms with Crippen LogP contribution in [0, 0.1) is 0 Å². The Hall–Kier alpha value is -1.40. The summed E-state index contributed by atoms with van der Waals surface area (Å²) in [5.74, 6) is 0.946. The van der Waals surface area contributed by atoms with Crippen LogP contribution >= 0.6 is 23.3 Å². The molecule has 1 aromatic heterocycles. The number of aliphatic imine (C=N–C) groups is 1. The van der Waals surface area contributed by atoms with Gasteiger partial charge < -0.3 is 5.32 Å². The molecule has 1 aliphatic rings. The smallest absolute Gasteiger partial charge is 0.157 e. The summed E-state index contributed by atoms with van der Waals surface area (Å²) >= 11 is 3.13. The summed E-state index contributed by atoms with van der Waals surface area (Å²) < 4.78 is 3.87. The molecule has 0 spiro atoms. The third-order valence-electron chi connectivity index (χ3n) is 2.63. The number of amidine groups is 1. The SMILES string of the molecule is c1cc(-c2csnn2)ccc1CSC1=NCCN1. The number of hydrogen-bond donors (Lipinski definition) is 1. The van der Waals surface area contributed by atoms with Crippen LogP contribution in [0.1, 0.15) is 5.56 Å². The molecule has 18 heavy (non-hydrogen) atoms. The molecule has 0 bridgehead atoms. The lowest BCUT2D eigenvalue weighted by Gasteiger charge is -2.03. The number of nitrogens with zero attached hydrogens (tertiary/aromatic N) is 3. The number of benzene rings is 1. The molecule has 0 unspecified atom stereocenters. The van der Waals surface area contributed by atoms with E-state index in [1.165, 1.54) is 17.1 Å². The highest BCUT2D eigenvalue weighted by atomic mass is 32.2. The van der Waals surface area contributed by atoms with E-state index in [1.54, 1.807) is 11.8 Å². The average molecular weight is 276 g/mol.